The van der Waals surface area contributed by atoms with E-state index in [9.17, 15) is 44.4 Å². The van der Waals surface area contributed by atoms with Crippen LogP contribution in [-0.4, -0.2) is 38.3 Å². The Hall–Kier alpha value is -9.05. The van der Waals surface area contributed by atoms with Crippen molar-refractivity contribution in [1.29, 1.82) is 0 Å². The van der Waals surface area contributed by atoms with Crippen LogP contribution in [0.2, 0.25) is 0 Å². The van der Waals surface area contributed by atoms with E-state index in [0.29, 0.717) is 17.2 Å². The van der Waals surface area contributed by atoms with Crippen LogP contribution >= 0.6 is 0 Å². The average molecular weight is 824 g/mol. The number of esters is 3. The smallest absolute Gasteiger partial charge is 0.343 e. The number of hydrogen-bond acceptors (Lipinski definition) is 16. The van der Waals surface area contributed by atoms with Crippen molar-refractivity contribution in [3.8, 4) is 34.5 Å². The summed E-state index contributed by atoms with van der Waals surface area (Å²) in [6, 6.07) is 31.1. The van der Waals surface area contributed by atoms with Crippen molar-refractivity contribution in [2.75, 3.05) is 0 Å². The summed E-state index contributed by atoms with van der Waals surface area (Å²) < 4.78 is 15.4. The fourth-order valence-electron chi connectivity index (χ4n) is 4.75. The standard InChI is InChI=1S/C15H11NO5.2C15H11NO4/c17-8-7-10-1-4-12(5-2-10)21-15(19)11-3-6-14(18)13(9-11)16-20;2*1-2-10-3-6-12(7-4-10)20-15(18)11-5-8-14(17)13(9-11)16-19/h1-9,17-18H;2*2-9,17H,1H2. The van der Waals surface area contributed by atoms with Crippen molar-refractivity contribution in [3.05, 3.63) is 195 Å². The topological polar surface area (TPSA) is 248 Å². The summed E-state index contributed by atoms with van der Waals surface area (Å²) in [5, 5.41) is 44.4. The summed E-state index contributed by atoms with van der Waals surface area (Å²) in [7, 11) is 0. The first kappa shape index (κ1) is 44.7. The normalized spacial score (nSPS) is 10.0. The highest BCUT2D eigenvalue weighted by Gasteiger charge is 2.15. The Labute approximate surface area is 346 Å². The summed E-state index contributed by atoms with van der Waals surface area (Å²) in [4.78, 5) is 67.1. The number of carbonyl (C=O) groups excluding carboxylic acids is 3. The van der Waals surface area contributed by atoms with E-state index in [2.05, 4.69) is 28.7 Å². The maximum absolute atomic E-state index is 11.9. The van der Waals surface area contributed by atoms with Crippen molar-refractivity contribution >= 4 is 53.2 Å². The number of aromatic hydroxyl groups is 3. The number of hydrogen-bond donors (Lipinski definition) is 4. The number of aliphatic hydroxyl groups excluding tert-OH is 1. The lowest BCUT2D eigenvalue weighted by Gasteiger charge is -2.05. The minimum absolute atomic E-state index is 0.0988. The largest absolute Gasteiger partial charge is 0.516 e. The van der Waals surface area contributed by atoms with Crippen molar-refractivity contribution in [2.45, 2.75) is 0 Å². The molecule has 6 aromatic carbocycles. The van der Waals surface area contributed by atoms with E-state index < -0.39 is 17.9 Å². The van der Waals surface area contributed by atoms with Gasteiger partial charge in [0.1, 0.15) is 51.6 Å². The quantitative estimate of drug-likeness (QED) is 0.0388. The molecule has 0 amide bonds. The van der Waals surface area contributed by atoms with Gasteiger partial charge in [-0.15, -0.1) is 14.7 Å². The van der Waals surface area contributed by atoms with Crippen LogP contribution in [0.4, 0.5) is 17.1 Å². The van der Waals surface area contributed by atoms with Gasteiger partial charge in [-0.2, -0.15) is 0 Å². The van der Waals surface area contributed by atoms with E-state index in [1.165, 1.54) is 54.6 Å². The molecule has 0 bridgehead atoms. The van der Waals surface area contributed by atoms with E-state index in [4.69, 9.17) is 19.3 Å². The molecule has 0 radical (unpaired) electrons. The van der Waals surface area contributed by atoms with Crippen LogP contribution in [0.3, 0.4) is 0 Å². The molecule has 0 heterocycles. The second kappa shape index (κ2) is 22.0. The summed E-state index contributed by atoms with van der Waals surface area (Å²) >= 11 is 0. The molecule has 0 fully saturated rings. The number of ether oxygens (including phenoxy) is 3. The second-order valence-corrected chi connectivity index (χ2v) is 12.0. The molecule has 0 aliphatic carbocycles. The van der Waals surface area contributed by atoms with E-state index >= 15 is 0 Å². The van der Waals surface area contributed by atoms with Gasteiger partial charge in [0.05, 0.1) is 23.0 Å². The molecule has 0 saturated carbocycles. The van der Waals surface area contributed by atoms with Crippen molar-refractivity contribution in [2.24, 2.45) is 15.5 Å². The zero-order valence-electron chi connectivity index (χ0n) is 31.7. The molecular weight excluding hydrogens is 791 g/mol. The number of carbonyl (C=O) groups is 3. The molecule has 0 unspecified atom stereocenters. The third-order valence-electron chi connectivity index (χ3n) is 7.94. The fourth-order valence-corrected chi connectivity index (χ4v) is 4.75. The molecule has 0 aliphatic rings. The number of nitroso groups, excluding NO2 is 3. The van der Waals surface area contributed by atoms with Gasteiger partial charge in [-0.1, -0.05) is 61.7 Å². The Kier molecular flexibility index (Phi) is 16.1. The highest BCUT2D eigenvalue weighted by Crippen LogP contribution is 2.30. The van der Waals surface area contributed by atoms with Gasteiger partial charge in [-0.3, -0.25) is 0 Å². The first-order valence-electron chi connectivity index (χ1n) is 17.4. The SMILES string of the molecule is C=Cc1ccc(OC(=O)c2ccc(O)c(N=O)c2)cc1.C=Cc1ccc(OC(=O)c2ccc(O)c(N=O)c2)cc1.O=Nc1cc(C(=O)Oc2ccc(C=CO)cc2)ccc1O. The van der Waals surface area contributed by atoms with Gasteiger partial charge in [0, 0.05) is 0 Å². The molecule has 61 heavy (non-hydrogen) atoms. The van der Waals surface area contributed by atoms with Gasteiger partial charge >= 0.3 is 17.9 Å². The zero-order chi connectivity index (χ0) is 44.3. The molecule has 306 valence electrons. The van der Waals surface area contributed by atoms with E-state index in [1.807, 2.05) is 0 Å². The van der Waals surface area contributed by atoms with Gasteiger partial charge in [-0.05, 0) is 129 Å². The maximum Gasteiger partial charge on any atom is 0.343 e. The van der Waals surface area contributed by atoms with Crippen LogP contribution < -0.4 is 14.2 Å². The van der Waals surface area contributed by atoms with Gasteiger partial charge in [0.25, 0.3) is 0 Å². The molecule has 4 N–H and O–H groups in total. The highest BCUT2D eigenvalue weighted by molar-refractivity contribution is 5.94. The van der Waals surface area contributed by atoms with Crippen LogP contribution in [0.5, 0.6) is 34.5 Å². The van der Waals surface area contributed by atoms with Crippen LogP contribution in [0, 0.1) is 14.7 Å². The summed E-state index contributed by atoms with van der Waals surface area (Å²) in [6.45, 7) is 7.25. The van der Waals surface area contributed by atoms with Crippen LogP contribution in [0.25, 0.3) is 18.2 Å². The molecule has 16 heteroatoms. The van der Waals surface area contributed by atoms with Crippen LogP contribution in [0.15, 0.2) is 162 Å². The summed E-state index contributed by atoms with van der Waals surface area (Å²) in [5.41, 5.74) is 2.27. The number of rotatable bonds is 12. The van der Waals surface area contributed by atoms with Crippen LogP contribution in [-0.2, 0) is 0 Å². The Morgan fingerprint density at radius 2 is 0.721 bits per heavy atom. The predicted molar refractivity (Wildman–Crippen MR) is 227 cm³/mol. The van der Waals surface area contributed by atoms with E-state index in [1.54, 1.807) is 84.9 Å². The maximum atomic E-state index is 11.9. The van der Waals surface area contributed by atoms with Crippen LogP contribution in [0.1, 0.15) is 47.8 Å². The van der Waals surface area contributed by atoms with Gasteiger partial charge < -0.3 is 34.6 Å². The number of phenols is 3. The van der Waals surface area contributed by atoms with Gasteiger partial charge in [0.2, 0.25) is 0 Å². The molecule has 6 rings (SSSR count). The van der Waals surface area contributed by atoms with Crippen molar-refractivity contribution in [3.63, 3.8) is 0 Å². The Balaban J connectivity index is 0.000000202. The van der Waals surface area contributed by atoms with Gasteiger partial charge in [-0.25, -0.2) is 14.4 Å². The third kappa shape index (κ3) is 13.0. The van der Waals surface area contributed by atoms with Crippen molar-refractivity contribution in [1.82, 2.24) is 0 Å². The fraction of sp³-hybridized carbons (Fsp3) is 0. The number of aliphatic hydroxyl groups is 1. The lowest BCUT2D eigenvalue weighted by atomic mass is 10.2. The minimum atomic E-state index is -0.676. The first-order valence-corrected chi connectivity index (χ1v) is 17.4. The number of phenolic OH excluding ortho intramolecular Hbond substituents is 3. The zero-order valence-corrected chi connectivity index (χ0v) is 31.7. The van der Waals surface area contributed by atoms with Gasteiger partial charge in [0.15, 0.2) is 0 Å². The molecule has 0 aromatic heterocycles. The third-order valence-corrected chi connectivity index (χ3v) is 7.94. The Morgan fingerprint density at radius 1 is 0.443 bits per heavy atom. The Morgan fingerprint density at radius 3 is 0.967 bits per heavy atom. The Bertz CT molecular complexity index is 2470. The molecular formula is C45H33N3O13. The molecule has 6 aromatic rings. The lowest BCUT2D eigenvalue weighted by Crippen LogP contribution is -2.08. The summed E-state index contributed by atoms with van der Waals surface area (Å²) in [6.07, 6.45) is 5.74. The molecule has 16 nitrogen and oxygen atoms in total. The number of benzene rings is 6. The predicted octanol–water partition coefficient (Wildman–Crippen LogP) is 10.8. The van der Waals surface area contributed by atoms with Crippen molar-refractivity contribution < 1.29 is 49.0 Å². The van der Waals surface area contributed by atoms with E-state index in [0.717, 1.165) is 29.0 Å². The molecule has 0 aliphatic heterocycles. The van der Waals surface area contributed by atoms with E-state index in [-0.39, 0.29) is 51.0 Å². The molecule has 0 atom stereocenters. The number of nitrogens with zero attached hydrogens (tertiary/aromatic N) is 3. The second-order valence-electron chi connectivity index (χ2n) is 12.0. The lowest BCUT2D eigenvalue weighted by molar-refractivity contribution is 0.0725. The monoisotopic (exact) mass is 823 g/mol. The first-order chi connectivity index (χ1) is 29.4. The highest BCUT2D eigenvalue weighted by atomic mass is 16.5. The molecule has 0 spiro atoms. The average Bonchev–Trinajstić information content (AvgIpc) is 3.28. The molecule has 0 saturated heterocycles. The minimum Gasteiger partial charge on any atom is -0.516 e. The summed E-state index contributed by atoms with van der Waals surface area (Å²) in [5.74, 6) is -1.78.